The highest BCUT2D eigenvalue weighted by Gasteiger charge is 1.73. The second kappa shape index (κ2) is 6.34. The topological polar surface area (TPSA) is 0 Å². The molecule has 0 spiro atoms. The molecule has 0 aliphatic heterocycles. The third-order valence-electron chi connectivity index (χ3n) is 1.13. The van der Waals surface area contributed by atoms with Gasteiger partial charge in [-0.25, -0.2) is 0 Å². The first-order valence-electron chi connectivity index (χ1n) is 3.66. The number of rotatable bonds is 4. The predicted molar refractivity (Wildman–Crippen MR) is 48.0 cm³/mol. The SMILES string of the molecule is C=CCC=CCC=C(C)C. The molecule has 0 rings (SSSR count). The Morgan fingerprint density at radius 3 is 2.30 bits per heavy atom. The monoisotopic (exact) mass is 136 g/mol. The maximum Gasteiger partial charge on any atom is -0.0167 e. The van der Waals surface area contributed by atoms with Crippen molar-refractivity contribution < 1.29 is 0 Å². The highest BCUT2D eigenvalue weighted by Crippen LogP contribution is 1.94. The van der Waals surface area contributed by atoms with Crippen LogP contribution in [-0.2, 0) is 0 Å². The molecule has 0 saturated heterocycles. The Morgan fingerprint density at radius 1 is 1.20 bits per heavy atom. The second-order valence-electron chi connectivity index (χ2n) is 2.51. The van der Waals surface area contributed by atoms with E-state index in [1.165, 1.54) is 5.57 Å². The van der Waals surface area contributed by atoms with Crippen LogP contribution in [0.1, 0.15) is 26.7 Å². The van der Waals surface area contributed by atoms with Crippen molar-refractivity contribution in [3.63, 3.8) is 0 Å². The molecule has 0 heterocycles. The fourth-order valence-electron chi connectivity index (χ4n) is 0.592. The maximum atomic E-state index is 3.63. The number of hydrogen-bond acceptors (Lipinski definition) is 0. The van der Waals surface area contributed by atoms with Gasteiger partial charge in [-0.05, 0) is 26.7 Å². The van der Waals surface area contributed by atoms with Gasteiger partial charge in [0.1, 0.15) is 0 Å². The molecule has 0 aromatic heterocycles. The minimum absolute atomic E-state index is 0.983. The smallest absolute Gasteiger partial charge is 0.0167 e. The van der Waals surface area contributed by atoms with Crippen molar-refractivity contribution in [3.8, 4) is 0 Å². The zero-order valence-corrected chi connectivity index (χ0v) is 6.93. The van der Waals surface area contributed by atoms with Crippen LogP contribution in [0.3, 0.4) is 0 Å². The quantitative estimate of drug-likeness (QED) is 0.519. The van der Waals surface area contributed by atoms with Crippen LogP contribution < -0.4 is 0 Å². The van der Waals surface area contributed by atoms with Crippen LogP contribution >= 0.6 is 0 Å². The number of hydrogen-bond donors (Lipinski definition) is 0. The van der Waals surface area contributed by atoms with Gasteiger partial charge >= 0.3 is 0 Å². The van der Waals surface area contributed by atoms with Gasteiger partial charge in [0.25, 0.3) is 0 Å². The third kappa shape index (κ3) is 7.22. The van der Waals surface area contributed by atoms with Crippen molar-refractivity contribution in [1.29, 1.82) is 0 Å². The zero-order valence-electron chi connectivity index (χ0n) is 6.93. The lowest BCUT2D eigenvalue weighted by Crippen LogP contribution is -1.63. The molecule has 0 aromatic rings. The van der Waals surface area contributed by atoms with Crippen molar-refractivity contribution in [3.05, 3.63) is 36.5 Å². The molecule has 10 heavy (non-hydrogen) atoms. The fourth-order valence-corrected chi connectivity index (χ4v) is 0.592. The Hall–Kier alpha value is -0.780. The molecule has 0 N–H and O–H groups in total. The van der Waals surface area contributed by atoms with Crippen molar-refractivity contribution in [2.75, 3.05) is 0 Å². The van der Waals surface area contributed by atoms with Gasteiger partial charge in [-0.3, -0.25) is 0 Å². The summed E-state index contributed by atoms with van der Waals surface area (Å²) in [5.41, 5.74) is 1.38. The van der Waals surface area contributed by atoms with Gasteiger partial charge in [-0.2, -0.15) is 0 Å². The fraction of sp³-hybridized carbons (Fsp3) is 0.400. The average molecular weight is 136 g/mol. The molecule has 0 aliphatic rings. The second-order valence-corrected chi connectivity index (χ2v) is 2.51. The molecule has 0 amide bonds. The molecular formula is C10H16. The van der Waals surface area contributed by atoms with Crippen LogP contribution in [0.5, 0.6) is 0 Å². The van der Waals surface area contributed by atoms with Gasteiger partial charge in [0.2, 0.25) is 0 Å². The van der Waals surface area contributed by atoms with Crippen molar-refractivity contribution in [1.82, 2.24) is 0 Å². The summed E-state index contributed by atoms with van der Waals surface area (Å²) in [6.07, 6.45) is 10.4. The maximum absolute atomic E-state index is 3.63. The van der Waals surface area contributed by atoms with Crippen LogP contribution in [-0.4, -0.2) is 0 Å². The Morgan fingerprint density at radius 2 is 1.80 bits per heavy atom. The largest absolute Gasteiger partial charge is 0.103 e. The van der Waals surface area contributed by atoms with Crippen LogP contribution in [0.25, 0.3) is 0 Å². The molecule has 0 saturated carbocycles. The van der Waals surface area contributed by atoms with Crippen molar-refractivity contribution in [2.45, 2.75) is 26.7 Å². The van der Waals surface area contributed by atoms with Gasteiger partial charge in [0, 0.05) is 0 Å². The van der Waals surface area contributed by atoms with Crippen LogP contribution in [0, 0.1) is 0 Å². The normalized spacial score (nSPS) is 9.80. The molecule has 0 radical (unpaired) electrons. The summed E-state index contributed by atoms with van der Waals surface area (Å²) in [6, 6.07) is 0. The van der Waals surface area contributed by atoms with Gasteiger partial charge in [-0.15, -0.1) is 6.58 Å². The van der Waals surface area contributed by atoms with Gasteiger partial charge < -0.3 is 0 Å². The molecule has 0 unspecified atom stereocenters. The average Bonchev–Trinajstić information content (AvgIpc) is 1.87. The molecule has 0 heteroatoms. The first-order chi connectivity index (χ1) is 4.77. The Bertz CT molecular complexity index is 134. The lowest BCUT2D eigenvalue weighted by molar-refractivity contribution is 1.26. The van der Waals surface area contributed by atoms with Crippen molar-refractivity contribution >= 4 is 0 Å². The molecule has 0 nitrogen and oxygen atoms in total. The van der Waals surface area contributed by atoms with E-state index in [2.05, 4.69) is 38.7 Å². The molecule has 0 fully saturated rings. The van der Waals surface area contributed by atoms with Gasteiger partial charge in [0.15, 0.2) is 0 Å². The molecule has 0 bridgehead atoms. The summed E-state index contributed by atoms with van der Waals surface area (Å²) >= 11 is 0. The summed E-state index contributed by atoms with van der Waals surface area (Å²) in [5.74, 6) is 0. The molecular weight excluding hydrogens is 120 g/mol. The Labute approximate surface area is 64.0 Å². The van der Waals surface area contributed by atoms with E-state index in [4.69, 9.17) is 0 Å². The highest BCUT2D eigenvalue weighted by atomic mass is 13.8. The van der Waals surface area contributed by atoms with E-state index in [1.807, 2.05) is 6.08 Å². The first-order valence-corrected chi connectivity index (χ1v) is 3.66. The minimum atomic E-state index is 0.983. The van der Waals surface area contributed by atoms with Crippen LogP contribution in [0.2, 0.25) is 0 Å². The first kappa shape index (κ1) is 9.22. The third-order valence-corrected chi connectivity index (χ3v) is 1.13. The van der Waals surface area contributed by atoms with Gasteiger partial charge in [-0.1, -0.05) is 29.9 Å². The molecule has 0 aromatic carbocycles. The summed E-state index contributed by atoms with van der Waals surface area (Å²) < 4.78 is 0. The van der Waals surface area contributed by atoms with E-state index in [1.54, 1.807) is 0 Å². The number of allylic oxidation sites excluding steroid dienone is 5. The van der Waals surface area contributed by atoms with Crippen molar-refractivity contribution in [2.24, 2.45) is 0 Å². The minimum Gasteiger partial charge on any atom is -0.103 e. The summed E-state index contributed by atoms with van der Waals surface area (Å²) in [6.45, 7) is 7.85. The standard InChI is InChI=1S/C10H16/c1-4-5-6-7-8-9-10(2)3/h4,6-7,9H,1,5,8H2,2-3H3. The van der Waals surface area contributed by atoms with E-state index >= 15 is 0 Å². The summed E-state index contributed by atoms with van der Waals surface area (Å²) in [5, 5.41) is 0. The Kier molecular flexibility index (Phi) is 5.85. The van der Waals surface area contributed by atoms with E-state index in [0.717, 1.165) is 12.8 Å². The van der Waals surface area contributed by atoms with Gasteiger partial charge in [0.05, 0.1) is 0 Å². The highest BCUT2D eigenvalue weighted by molar-refractivity contribution is 4.99. The Balaban J connectivity index is 3.35. The van der Waals surface area contributed by atoms with E-state index in [9.17, 15) is 0 Å². The van der Waals surface area contributed by atoms with Crippen LogP contribution in [0.4, 0.5) is 0 Å². The summed E-state index contributed by atoms with van der Waals surface area (Å²) in [4.78, 5) is 0. The lowest BCUT2D eigenvalue weighted by atomic mass is 10.2. The van der Waals surface area contributed by atoms with E-state index in [-0.39, 0.29) is 0 Å². The zero-order chi connectivity index (χ0) is 7.82. The lowest BCUT2D eigenvalue weighted by Gasteiger charge is -1.85. The van der Waals surface area contributed by atoms with E-state index in [0.29, 0.717) is 0 Å². The van der Waals surface area contributed by atoms with E-state index < -0.39 is 0 Å². The predicted octanol–water partition coefficient (Wildman–Crippen LogP) is 3.48. The molecule has 0 atom stereocenters. The molecule has 56 valence electrons. The molecule has 0 aliphatic carbocycles. The van der Waals surface area contributed by atoms with Crippen LogP contribution in [0.15, 0.2) is 36.5 Å². The summed E-state index contributed by atoms with van der Waals surface area (Å²) in [7, 11) is 0.